The molecule has 0 aromatic rings. The van der Waals surface area contributed by atoms with Crippen LogP contribution in [0.1, 0.15) is 58.3 Å². The van der Waals surface area contributed by atoms with Gasteiger partial charge in [-0.3, -0.25) is 0 Å². The van der Waals surface area contributed by atoms with Crippen molar-refractivity contribution in [2.75, 3.05) is 12.4 Å². The van der Waals surface area contributed by atoms with E-state index < -0.39 is 5.60 Å². The molecule has 3 heteroatoms. The van der Waals surface area contributed by atoms with Crippen LogP contribution in [0, 0.1) is 5.92 Å². The first-order chi connectivity index (χ1) is 8.65. The Kier molecular flexibility index (Phi) is 3.68. The Bertz CT molecular complexity index is 295. The van der Waals surface area contributed by atoms with Crippen LogP contribution < -0.4 is 0 Å². The Morgan fingerprint density at radius 2 is 1.94 bits per heavy atom. The highest BCUT2D eigenvalue weighted by Crippen LogP contribution is 2.49. The topological polar surface area (TPSA) is 29.5 Å². The van der Waals surface area contributed by atoms with Crippen molar-refractivity contribution in [2.24, 2.45) is 5.92 Å². The lowest BCUT2D eigenvalue weighted by atomic mass is 9.69. The SMILES string of the molecule is CC1SCCC1(O)C1CCOC2(CCCCC2)C1. The lowest BCUT2D eigenvalue weighted by Crippen LogP contribution is -2.51. The van der Waals surface area contributed by atoms with Gasteiger partial charge in [-0.1, -0.05) is 26.2 Å². The predicted molar refractivity (Wildman–Crippen MR) is 76.0 cm³/mol. The molecule has 0 bridgehead atoms. The van der Waals surface area contributed by atoms with Gasteiger partial charge in [0.05, 0.1) is 11.2 Å². The molecule has 104 valence electrons. The maximum atomic E-state index is 11.0. The van der Waals surface area contributed by atoms with Gasteiger partial charge in [0.15, 0.2) is 0 Å². The zero-order valence-electron chi connectivity index (χ0n) is 11.5. The summed E-state index contributed by atoms with van der Waals surface area (Å²) in [4.78, 5) is 0. The molecular weight excluding hydrogens is 244 g/mol. The van der Waals surface area contributed by atoms with Gasteiger partial charge in [-0.15, -0.1) is 0 Å². The molecule has 1 spiro atoms. The third-order valence-corrected chi connectivity index (χ3v) is 6.89. The zero-order chi connectivity index (χ0) is 12.6. The Morgan fingerprint density at radius 1 is 1.17 bits per heavy atom. The van der Waals surface area contributed by atoms with Crippen LogP contribution in [-0.2, 0) is 4.74 Å². The molecule has 0 aromatic heterocycles. The van der Waals surface area contributed by atoms with Crippen molar-refractivity contribution in [3.05, 3.63) is 0 Å². The van der Waals surface area contributed by atoms with Crippen LogP contribution >= 0.6 is 11.8 Å². The van der Waals surface area contributed by atoms with E-state index in [2.05, 4.69) is 6.92 Å². The van der Waals surface area contributed by atoms with Gasteiger partial charge < -0.3 is 9.84 Å². The number of aliphatic hydroxyl groups is 1. The molecule has 0 amide bonds. The van der Waals surface area contributed by atoms with Gasteiger partial charge in [-0.25, -0.2) is 0 Å². The van der Waals surface area contributed by atoms with Gasteiger partial charge in [0.1, 0.15) is 0 Å². The average molecular weight is 270 g/mol. The van der Waals surface area contributed by atoms with Crippen LogP contribution in [0.25, 0.3) is 0 Å². The molecule has 18 heavy (non-hydrogen) atoms. The maximum absolute atomic E-state index is 11.0. The summed E-state index contributed by atoms with van der Waals surface area (Å²) in [6.45, 7) is 3.07. The van der Waals surface area contributed by atoms with Crippen LogP contribution in [0.5, 0.6) is 0 Å². The second kappa shape index (κ2) is 4.99. The highest BCUT2D eigenvalue weighted by molar-refractivity contribution is 8.00. The molecule has 1 aliphatic carbocycles. The molecule has 3 fully saturated rings. The smallest absolute Gasteiger partial charge is 0.0800 e. The predicted octanol–water partition coefficient (Wildman–Crippen LogP) is 3.37. The summed E-state index contributed by atoms with van der Waals surface area (Å²) in [6.07, 6.45) is 9.59. The molecule has 0 aromatic carbocycles. The van der Waals surface area contributed by atoms with Gasteiger partial charge in [0, 0.05) is 11.9 Å². The Morgan fingerprint density at radius 3 is 2.61 bits per heavy atom. The first kappa shape index (κ1) is 13.3. The minimum atomic E-state index is -0.418. The summed E-state index contributed by atoms with van der Waals surface area (Å²) in [5.74, 6) is 1.59. The fourth-order valence-corrected chi connectivity index (χ4v) is 5.68. The Hall–Kier alpha value is 0.270. The molecule has 3 rings (SSSR count). The molecule has 1 N–H and O–H groups in total. The molecule has 3 atom stereocenters. The monoisotopic (exact) mass is 270 g/mol. The molecular formula is C15H26O2S. The lowest BCUT2D eigenvalue weighted by molar-refractivity contribution is -0.154. The minimum Gasteiger partial charge on any atom is -0.388 e. The van der Waals surface area contributed by atoms with E-state index in [1.165, 1.54) is 32.1 Å². The number of ether oxygens (including phenoxy) is 1. The second-order valence-electron chi connectivity index (χ2n) is 6.54. The van der Waals surface area contributed by atoms with Gasteiger partial charge in [0.25, 0.3) is 0 Å². The quantitative estimate of drug-likeness (QED) is 0.792. The number of hydrogen-bond donors (Lipinski definition) is 1. The van der Waals surface area contributed by atoms with Crippen molar-refractivity contribution < 1.29 is 9.84 Å². The van der Waals surface area contributed by atoms with E-state index >= 15 is 0 Å². The van der Waals surface area contributed by atoms with Crippen LogP contribution in [0.15, 0.2) is 0 Å². The van der Waals surface area contributed by atoms with Gasteiger partial charge in [-0.2, -0.15) is 11.8 Å². The third kappa shape index (κ3) is 2.23. The van der Waals surface area contributed by atoms with Crippen molar-refractivity contribution in [3.63, 3.8) is 0 Å². The summed E-state index contributed by atoms with van der Waals surface area (Å²) in [5.41, 5.74) is -0.289. The van der Waals surface area contributed by atoms with E-state index in [9.17, 15) is 5.11 Å². The summed E-state index contributed by atoms with van der Waals surface area (Å²) in [6, 6.07) is 0. The highest BCUT2D eigenvalue weighted by atomic mass is 32.2. The van der Waals surface area contributed by atoms with Gasteiger partial charge in [0.2, 0.25) is 0 Å². The summed E-state index contributed by atoms with van der Waals surface area (Å²) in [7, 11) is 0. The van der Waals surface area contributed by atoms with Crippen molar-refractivity contribution in [1.29, 1.82) is 0 Å². The van der Waals surface area contributed by atoms with E-state index in [1.807, 2.05) is 11.8 Å². The van der Waals surface area contributed by atoms with Crippen LogP contribution in [0.4, 0.5) is 0 Å². The standard InChI is InChI=1S/C15H26O2S/c1-12-15(16,8-10-18-12)13-5-9-17-14(11-13)6-3-2-4-7-14/h12-13,16H,2-11H2,1H3. The highest BCUT2D eigenvalue weighted by Gasteiger charge is 2.50. The number of rotatable bonds is 1. The zero-order valence-corrected chi connectivity index (χ0v) is 12.3. The van der Waals surface area contributed by atoms with Crippen molar-refractivity contribution in [2.45, 2.75) is 74.7 Å². The average Bonchev–Trinajstić information content (AvgIpc) is 2.72. The third-order valence-electron chi connectivity index (χ3n) is 5.54. The number of thioether (sulfide) groups is 1. The van der Waals surface area contributed by atoms with Gasteiger partial charge >= 0.3 is 0 Å². The van der Waals surface area contributed by atoms with Crippen molar-refractivity contribution in [3.8, 4) is 0 Å². The van der Waals surface area contributed by atoms with Crippen molar-refractivity contribution in [1.82, 2.24) is 0 Å². The summed E-state index contributed by atoms with van der Waals surface area (Å²) >= 11 is 1.94. The minimum absolute atomic E-state index is 0.129. The molecule has 3 unspecified atom stereocenters. The Balaban J connectivity index is 1.73. The van der Waals surface area contributed by atoms with Crippen LogP contribution in [0.3, 0.4) is 0 Å². The first-order valence-electron chi connectivity index (χ1n) is 7.63. The molecule has 2 nitrogen and oxygen atoms in total. The van der Waals surface area contributed by atoms with E-state index in [0.717, 1.165) is 31.6 Å². The summed E-state index contributed by atoms with van der Waals surface area (Å²) < 4.78 is 6.16. The molecule has 2 aliphatic heterocycles. The molecule has 0 radical (unpaired) electrons. The molecule has 2 saturated heterocycles. The normalized spacial score (nSPS) is 44.3. The summed E-state index contributed by atoms with van der Waals surface area (Å²) in [5, 5.41) is 11.4. The van der Waals surface area contributed by atoms with E-state index in [1.54, 1.807) is 0 Å². The van der Waals surface area contributed by atoms with E-state index in [4.69, 9.17) is 4.74 Å². The first-order valence-corrected chi connectivity index (χ1v) is 8.67. The van der Waals surface area contributed by atoms with Crippen LogP contribution in [0.2, 0.25) is 0 Å². The molecule has 3 aliphatic rings. The van der Waals surface area contributed by atoms with Crippen LogP contribution in [-0.4, -0.2) is 33.9 Å². The largest absolute Gasteiger partial charge is 0.388 e. The fourth-order valence-electron chi connectivity index (χ4n) is 4.28. The van der Waals surface area contributed by atoms with Crippen molar-refractivity contribution >= 4 is 11.8 Å². The second-order valence-corrected chi connectivity index (χ2v) is 7.98. The van der Waals surface area contributed by atoms with Gasteiger partial charge in [-0.05, 0) is 43.8 Å². The van der Waals surface area contributed by atoms with E-state index in [0.29, 0.717) is 11.2 Å². The lowest BCUT2D eigenvalue weighted by Gasteiger charge is -2.48. The number of hydrogen-bond acceptors (Lipinski definition) is 3. The maximum Gasteiger partial charge on any atom is 0.0800 e. The molecule has 2 heterocycles. The van der Waals surface area contributed by atoms with E-state index in [-0.39, 0.29) is 5.60 Å². The Labute approximate surface area is 115 Å². The fraction of sp³-hybridized carbons (Fsp3) is 1.00. The molecule has 1 saturated carbocycles.